The van der Waals surface area contributed by atoms with Crippen LogP contribution in [0.25, 0.3) is 0 Å². The van der Waals surface area contributed by atoms with Crippen molar-refractivity contribution in [1.29, 1.82) is 0 Å². The van der Waals surface area contributed by atoms with Crippen molar-refractivity contribution < 1.29 is 4.79 Å². The minimum Gasteiger partial charge on any atom is -0.303 e. The van der Waals surface area contributed by atoms with Crippen molar-refractivity contribution >= 4 is 6.29 Å². The Morgan fingerprint density at radius 3 is 2.08 bits per heavy atom. The largest absolute Gasteiger partial charge is 0.303 e. The number of hydrogen-bond donors (Lipinski definition) is 0. The molecule has 2 rings (SSSR count). The van der Waals surface area contributed by atoms with Gasteiger partial charge in [-0.3, -0.25) is 0 Å². The van der Waals surface area contributed by atoms with Gasteiger partial charge in [-0.25, -0.2) is 0 Å². The third-order valence-corrected chi connectivity index (χ3v) is 3.95. The topological polar surface area (TPSA) is 17.1 Å². The molecule has 1 spiro atoms. The summed E-state index contributed by atoms with van der Waals surface area (Å²) in [5.41, 5.74) is 0.694. The zero-order valence-corrected chi connectivity index (χ0v) is 7.72. The van der Waals surface area contributed by atoms with Gasteiger partial charge in [0.05, 0.1) is 0 Å². The Morgan fingerprint density at radius 2 is 1.58 bits per heavy atom. The smallest absolute Gasteiger partial charge is 0.123 e. The van der Waals surface area contributed by atoms with Crippen LogP contribution in [0.4, 0.5) is 0 Å². The third kappa shape index (κ3) is 1.41. The van der Waals surface area contributed by atoms with Crippen molar-refractivity contribution in [2.24, 2.45) is 11.3 Å². The predicted molar refractivity (Wildman–Crippen MR) is 48.9 cm³/mol. The van der Waals surface area contributed by atoms with Crippen LogP contribution in [-0.4, -0.2) is 6.29 Å². The quantitative estimate of drug-likeness (QED) is 0.547. The van der Waals surface area contributed by atoms with Crippen molar-refractivity contribution in [2.75, 3.05) is 0 Å². The van der Waals surface area contributed by atoms with E-state index >= 15 is 0 Å². The fourth-order valence-electron chi connectivity index (χ4n) is 3.01. The molecule has 1 nitrogen and oxygen atoms in total. The Morgan fingerprint density at radius 1 is 1.00 bits per heavy atom. The van der Waals surface area contributed by atoms with E-state index in [-0.39, 0.29) is 0 Å². The van der Waals surface area contributed by atoms with E-state index in [1.807, 2.05) is 0 Å². The fraction of sp³-hybridized carbons (Fsp3) is 0.909. The van der Waals surface area contributed by atoms with Crippen LogP contribution < -0.4 is 0 Å². The van der Waals surface area contributed by atoms with Gasteiger partial charge in [0.15, 0.2) is 0 Å². The molecule has 0 saturated heterocycles. The van der Waals surface area contributed by atoms with E-state index < -0.39 is 0 Å². The molecule has 0 heterocycles. The Kier molecular flexibility index (Phi) is 2.20. The summed E-state index contributed by atoms with van der Waals surface area (Å²) in [5, 5.41) is 0. The first-order chi connectivity index (χ1) is 5.85. The van der Waals surface area contributed by atoms with Crippen LogP contribution >= 0.6 is 0 Å². The van der Waals surface area contributed by atoms with Gasteiger partial charge in [0.1, 0.15) is 6.29 Å². The molecular formula is C11H18O. The van der Waals surface area contributed by atoms with Gasteiger partial charge in [-0.1, -0.05) is 12.8 Å². The first kappa shape index (κ1) is 8.28. The minimum atomic E-state index is 0.399. The monoisotopic (exact) mass is 166 g/mol. The first-order valence-corrected chi connectivity index (χ1v) is 5.30. The molecule has 68 valence electrons. The van der Waals surface area contributed by atoms with Gasteiger partial charge in [0.2, 0.25) is 0 Å². The maximum atomic E-state index is 10.6. The second kappa shape index (κ2) is 3.20. The Bertz CT molecular complexity index is 158. The Hall–Kier alpha value is -0.330. The van der Waals surface area contributed by atoms with Crippen LogP contribution in [0.3, 0.4) is 0 Å². The maximum Gasteiger partial charge on any atom is 0.123 e. The van der Waals surface area contributed by atoms with Crippen LogP contribution in [0.5, 0.6) is 0 Å². The maximum absolute atomic E-state index is 10.6. The SMILES string of the molecule is O=CC1CCC2(CCCC2)CC1. The van der Waals surface area contributed by atoms with Gasteiger partial charge in [-0.05, 0) is 43.9 Å². The van der Waals surface area contributed by atoms with E-state index in [0.29, 0.717) is 11.3 Å². The van der Waals surface area contributed by atoms with Crippen LogP contribution in [0, 0.1) is 11.3 Å². The fourth-order valence-corrected chi connectivity index (χ4v) is 3.01. The average molecular weight is 166 g/mol. The number of carbonyl (C=O) groups excluding carboxylic acids is 1. The number of hydrogen-bond acceptors (Lipinski definition) is 1. The molecule has 0 atom stereocenters. The number of carbonyl (C=O) groups is 1. The van der Waals surface area contributed by atoms with E-state index in [1.54, 1.807) is 0 Å². The van der Waals surface area contributed by atoms with Crippen molar-refractivity contribution in [3.05, 3.63) is 0 Å². The van der Waals surface area contributed by atoms with Gasteiger partial charge < -0.3 is 4.79 Å². The molecule has 2 fully saturated rings. The van der Waals surface area contributed by atoms with Gasteiger partial charge in [0, 0.05) is 5.92 Å². The third-order valence-electron chi connectivity index (χ3n) is 3.95. The summed E-state index contributed by atoms with van der Waals surface area (Å²) in [6.45, 7) is 0. The van der Waals surface area contributed by atoms with E-state index in [2.05, 4.69) is 0 Å². The van der Waals surface area contributed by atoms with Crippen molar-refractivity contribution in [3.8, 4) is 0 Å². The summed E-state index contributed by atoms with van der Waals surface area (Å²) < 4.78 is 0. The zero-order chi connectivity index (χ0) is 8.44. The molecule has 0 aromatic carbocycles. The Labute approximate surface area is 74.5 Å². The first-order valence-electron chi connectivity index (χ1n) is 5.30. The lowest BCUT2D eigenvalue weighted by molar-refractivity contribution is -0.112. The second-order valence-electron chi connectivity index (χ2n) is 4.68. The van der Waals surface area contributed by atoms with Crippen molar-refractivity contribution in [2.45, 2.75) is 51.4 Å². The van der Waals surface area contributed by atoms with Gasteiger partial charge in [-0.15, -0.1) is 0 Å². The van der Waals surface area contributed by atoms with Crippen molar-refractivity contribution in [3.63, 3.8) is 0 Å². The standard InChI is InChI=1S/C11H18O/c12-9-10-3-7-11(8-4-10)5-1-2-6-11/h9-10H,1-8H2. The van der Waals surface area contributed by atoms with Gasteiger partial charge in [-0.2, -0.15) is 0 Å². The van der Waals surface area contributed by atoms with Crippen molar-refractivity contribution in [1.82, 2.24) is 0 Å². The molecule has 0 N–H and O–H groups in total. The number of aldehydes is 1. The molecule has 12 heavy (non-hydrogen) atoms. The summed E-state index contributed by atoms with van der Waals surface area (Å²) in [6, 6.07) is 0. The molecule has 0 aliphatic heterocycles. The van der Waals surface area contributed by atoms with Crippen LogP contribution in [0.15, 0.2) is 0 Å². The highest BCUT2D eigenvalue weighted by Gasteiger charge is 2.37. The van der Waals surface area contributed by atoms with Gasteiger partial charge in [0.25, 0.3) is 0 Å². The highest BCUT2D eigenvalue weighted by Crippen LogP contribution is 2.49. The molecule has 2 aliphatic rings. The summed E-state index contributed by atoms with van der Waals surface area (Å²) in [6.07, 6.45) is 11.9. The molecule has 0 aromatic heterocycles. The number of rotatable bonds is 1. The summed E-state index contributed by atoms with van der Waals surface area (Å²) in [4.78, 5) is 10.6. The highest BCUT2D eigenvalue weighted by atomic mass is 16.1. The van der Waals surface area contributed by atoms with Crippen LogP contribution in [0.2, 0.25) is 0 Å². The molecular weight excluding hydrogens is 148 g/mol. The lowest BCUT2D eigenvalue weighted by atomic mass is 9.70. The molecule has 1 heteroatoms. The van der Waals surface area contributed by atoms with E-state index in [1.165, 1.54) is 57.7 Å². The molecule has 2 saturated carbocycles. The molecule has 0 radical (unpaired) electrons. The van der Waals surface area contributed by atoms with Crippen LogP contribution in [0.1, 0.15) is 51.4 Å². The lowest BCUT2D eigenvalue weighted by Crippen LogP contribution is -2.24. The molecule has 0 bridgehead atoms. The average Bonchev–Trinajstić information content (AvgIpc) is 2.55. The van der Waals surface area contributed by atoms with E-state index in [4.69, 9.17) is 0 Å². The van der Waals surface area contributed by atoms with E-state index in [0.717, 1.165) is 0 Å². The summed E-state index contributed by atoms with van der Waals surface area (Å²) in [7, 11) is 0. The minimum absolute atomic E-state index is 0.399. The van der Waals surface area contributed by atoms with E-state index in [9.17, 15) is 4.79 Å². The molecule has 0 unspecified atom stereocenters. The second-order valence-corrected chi connectivity index (χ2v) is 4.68. The molecule has 0 amide bonds. The van der Waals surface area contributed by atoms with Gasteiger partial charge >= 0.3 is 0 Å². The molecule has 2 aliphatic carbocycles. The predicted octanol–water partition coefficient (Wildman–Crippen LogP) is 2.94. The normalized spacial score (nSPS) is 29.3. The van der Waals surface area contributed by atoms with Crippen LogP contribution in [-0.2, 0) is 4.79 Å². The summed E-state index contributed by atoms with van der Waals surface area (Å²) >= 11 is 0. The Balaban J connectivity index is 1.92. The zero-order valence-electron chi connectivity index (χ0n) is 7.72. The molecule has 0 aromatic rings. The summed E-state index contributed by atoms with van der Waals surface area (Å²) in [5.74, 6) is 0.399. The lowest BCUT2D eigenvalue weighted by Gasteiger charge is -2.35. The highest BCUT2D eigenvalue weighted by molar-refractivity contribution is 5.53.